The summed E-state index contributed by atoms with van der Waals surface area (Å²) >= 11 is 5.93. The van der Waals surface area contributed by atoms with E-state index in [-0.39, 0.29) is 0 Å². The SMILES string of the molecule is COc1ccc2c(c1)nc(CCCl)n2CC1CCCOC1. The van der Waals surface area contributed by atoms with Gasteiger partial charge in [0.1, 0.15) is 11.6 Å². The molecule has 2 aromatic rings. The van der Waals surface area contributed by atoms with Crippen LogP contribution in [0.2, 0.25) is 0 Å². The summed E-state index contributed by atoms with van der Waals surface area (Å²) in [6.07, 6.45) is 3.15. The van der Waals surface area contributed by atoms with Gasteiger partial charge < -0.3 is 14.0 Å². The molecule has 1 aromatic carbocycles. The van der Waals surface area contributed by atoms with Crippen molar-refractivity contribution in [2.75, 3.05) is 26.2 Å². The molecule has 3 rings (SSSR count). The molecule has 2 heterocycles. The van der Waals surface area contributed by atoms with Gasteiger partial charge in [-0.25, -0.2) is 4.98 Å². The molecule has 0 bridgehead atoms. The first-order chi connectivity index (χ1) is 10.3. The standard InChI is InChI=1S/C16H21ClN2O2/c1-20-13-4-5-15-14(9-13)18-16(6-7-17)19(15)10-12-3-2-8-21-11-12/h4-5,9,12H,2-3,6-8,10-11H2,1H3. The van der Waals surface area contributed by atoms with E-state index in [2.05, 4.69) is 10.6 Å². The highest BCUT2D eigenvalue weighted by molar-refractivity contribution is 6.17. The molecule has 0 aliphatic carbocycles. The van der Waals surface area contributed by atoms with Gasteiger partial charge in [-0.15, -0.1) is 11.6 Å². The van der Waals surface area contributed by atoms with Crippen molar-refractivity contribution in [1.29, 1.82) is 0 Å². The summed E-state index contributed by atoms with van der Waals surface area (Å²) < 4.78 is 13.2. The number of ether oxygens (including phenoxy) is 2. The molecule has 1 aromatic heterocycles. The molecule has 1 unspecified atom stereocenters. The molecule has 4 nitrogen and oxygen atoms in total. The smallest absolute Gasteiger partial charge is 0.121 e. The fourth-order valence-electron chi connectivity index (χ4n) is 2.98. The largest absolute Gasteiger partial charge is 0.497 e. The second-order valence-electron chi connectivity index (χ2n) is 5.52. The lowest BCUT2D eigenvalue weighted by molar-refractivity contribution is 0.0485. The summed E-state index contributed by atoms with van der Waals surface area (Å²) in [4.78, 5) is 4.73. The number of rotatable bonds is 5. The van der Waals surface area contributed by atoms with Crippen LogP contribution >= 0.6 is 11.6 Å². The van der Waals surface area contributed by atoms with Gasteiger partial charge in [-0.3, -0.25) is 0 Å². The van der Waals surface area contributed by atoms with E-state index >= 15 is 0 Å². The normalized spacial score (nSPS) is 19.0. The Hall–Kier alpha value is -1.26. The van der Waals surface area contributed by atoms with Crippen LogP contribution in [0.25, 0.3) is 11.0 Å². The molecule has 0 radical (unpaired) electrons. The number of benzene rings is 1. The number of aromatic nitrogens is 2. The fourth-order valence-corrected chi connectivity index (χ4v) is 3.14. The van der Waals surface area contributed by atoms with Crippen LogP contribution in [0.1, 0.15) is 18.7 Å². The maximum Gasteiger partial charge on any atom is 0.121 e. The number of imidazole rings is 1. The van der Waals surface area contributed by atoms with Gasteiger partial charge in [-0.1, -0.05) is 0 Å². The molecule has 21 heavy (non-hydrogen) atoms. The van der Waals surface area contributed by atoms with Crippen LogP contribution in [-0.4, -0.2) is 35.8 Å². The van der Waals surface area contributed by atoms with Gasteiger partial charge in [-0.05, 0) is 25.0 Å². The Bertz CT molecular complexity index is 606. The average molecular weight is 309 g/mol. The van der Waals surface area contributed by atoms with Crippen LogP contribution < -0.4 is 4.74 Å². The van der Waals surface area contributed by atoms with Crippen molar-refractivity contribution in [3.63, 3.8) is 0 Å². The number of nitrogens with zero attached hydrogens (tertiary/aromatic N) is 2. The summed E-state index contributed by atoms with van der Waals surface area (Å²) in [7, 11) is 1.68. The third-order valence-corrected chi connectivity index (χ3v) is 4.24. The number of hydrogen-bond donors (Lipinski definition) is 0. The molecular formula is C16H21ClN2O2. The average Bonchev–Trinajstić information content (AvgIpc) is 2.85. The van der Waals surface area contributed by atoms with E-state index in [1.165, 1.54) is 6.42 Å². The van der Waals surface area contributed by atoms with Crippen LogP contribution in [0.5, 0.6) is 5.75 Å². The van der Waals surface area contributed by atoms with Crippen molar-refractivity contribution < 1.29 is 9.47 Å². The maximum absolute atomic E-state index is 5.93. The van der Waals surface area contributed by atoms with Crippen LogP contribution in [0.3, 0.4) is 0 Å². The second kappa shape index (κ2) is 6.67. The van der Waals surface area contributed by atoms with Gasteiger partial charge in [-0.2, -0.15) is 0 Å². The predicted molar refractivity (Wildman–Crippen MR) is 84.3 cm³/mol. The minimum Gasteiger partial charge on any atom is -0.497 e. The lowest BCUT2D eigenvalue weighted by Crippen LogP contribution is -2.23. The number of fused-ring (bicyclic) bond motifs is 1. The summed E-state index contributed by atoms with van der Waals surface area (Å²) in [5.74, 6) is 3.04. The third-order valence-electron chi connectivity index (χ3n) is 4.05. The first-order valence-electron chi connectivity index (χ1n) is 7.48. The maximum atomic E-state index is 5.93. The highest BCUT2D eigenvalue weighted by atomic mass is 35.5. The number of hydrogen-bond acceptors (Lipinski definition) is 3. The van der Waals surface area contributed by atoms with Crippen LogP contribution in [0.15, 0.2) is 18.2 Å². The van der Waals surface area contributed by atoms with Crippen molar-refractivity contribution >= 4 is 22.6 Å². The zero-order chi connectivity index (χ0) is 14.7. The molecule has 114 valence electrons. The summed E-state index contributed by atoms with van der Waals surface area (Å²) in [5, 5.41) is 0. The number of aryl methyl sites for hydroxylation is 1. The first kappa shape index (κ1) is 14.7. The molecule has 0 spiro atoms. The molecule has 5 heteroatoms. The monoisotopic (exact) mass is 308 g/mol. The molecule has 0 amide bonds. The lowest BCUT2D eigenvalue weighted by Gasteiger charge is -2.23. The van der Waals surface area contributed by atoms with E-state index in [1.54, 1.807) is 7.11 Å². The van der Waals surface area contributed by atoms with E-state index in [0.717, 1.165) is 55.2 Å². The van der Waals surface area contributed by atoms with Gasteiger partial charge in [0.2, 0.25) is 0 Å². The Morgan fingerprint density at radius 2 is 2.38 bits per heavy atom. The zero-order valence-corrected chi connectivity index (χ0v) is 13.1. The van der Waals surface area contributed by atoms with Crippen molar-refractivity contribution in [2.24, 2.45) is 5.92 Å². The fraction of sp³-hybridized carbons (Fsp3) is 0.562. The van der Waals surface area contributed by atoms with Crippen molar-refractivity contribution in [1.82, 2.24) is 9.55 Å². The Kier molecular flexibility index (Phi) is 4.66. The number of halogens is 1. The van der Waals surface area contributed by atoms with Crippen molar-refractivity contribution in [3.05, 3.63) is 24.0 Å². The van der Waals surface area contributed by atoms with Gasteiger partial charge in [0, 0.05) is 37.4 Å². The van der Waals surface area contributed by atoms with Crippen molar-refractivity contribution in [3.8, 4) is 5.75 Å². The van der Waals surface area contributed by atoms with Crippen LogP contribution in [-0.2, 0) is 17.7 Å². The highest BCUT2D eigenvalue weighted by Gasteiger charge is 2.18. The molecule has 1 fully saturated rings. The molecule has 0 N–H and O–H groups in total. The number of methoxy groups -OCH3 is 1. The number of alkyl halides is 1. The van der Waals surface area contributed by atoms with E-state index < -0.39 is 0 Å². The van der Waals surface area contributed by atoms with Crippen LogP contribution in [0.4, 0.5) is 0 Å². The molecule has 1 saturated heterocycles. The van der Waals surface area contributed by atoms with Crippen LogP contribution in [0, 0.1) is 5.92 Å². The highest BCUT2D eigenvalue weighted by Crippen LogP contribution is 2.25. The summed E-state index contributed by atoms with van der Waals surface area (Å²) in [6, 6.07) is 6.06. The van der Waals surface area contributed by atoms with E-state index in [9.17, 15) is 0 Å². The van der Waals surface area contributed by atoms with Gasteiger partial charge in [0.15, 0.2) is 0 Å². The Balaban J connectivity index is 1.94. The summed E-state index contributed by atoms with van der Waals surface area (Å²) in [5.41, 5.74) is 2.13. The Morgan fingerprint density at radius 1 is 1.48 bits per heavy atom. The zero-order valence-electron chi connectivity index (χ0n) is 12.3. The van der Waals surface area contributed by atoms with Gasteiger partial charge in [0.25, 0.3) is 0 Å². The molecule has 1 aliphatic rings. The molecule has 0 saturated carbocycles. The van der Waals surface area contributed by atoms with E-state index in [0.29, 0.717) is 11.8 Å². The quantitative estimate of drug-likeness (QED) is 0.796. The third kappa shape index (κ3) is 3.16. The van der Waals surface area contributed by atoms with E-state index in [1.807, 2.05) is 12.1 Å². The lowest BCUT2D eigenvalue weighted by atomic mass is 10.0. The summed E-state index contributed by atoms with van der Waals surface area (Å²) in [6.45, 7) is 2.69. The van der Waals surface area contributed by atoms with Gasteiger partial charge in [0.05, 0.1) is 24.8 Å². The molecule has 1 atom stereocenters. The molecular weight excluding hydrogens is 288 g/mol. The minimum absolute atomic E-state index is 0.562. The molecule has 1 aliphatic heterocycles. The Morgan fingerprint density at radius 3 is 3.10 bits per heavy atom. The van der Waals surface area contributed by atoms with Gasteiger partial charge >= 0.3 is 0 Å². The Labute approximate surface area is 130 Å². The van der Waals surface area contributed by atoms with Crippen molar-refractivity contribution in [2.45, 2.75) is 25.8 Å². The predicted octanol–water partition coefficient (Wildman–Crippen LogP) is 3.25. The first-order valence-corrected chi connectivity index (χ1v) is 8.02. The topological polar surface area (TPSA) is 36.3 Å². The minimum atomic E-state index is 0.562. The van der Waals surface area contributed by atoms with E-state index in [4.69, 9.17) is 26.1 Å². The second-order valence-corrected chi connectivity index (χ2v) is 5.89.